The van der Waals surface area contributed by atoms with E-state index in [0.29, 0.717) is 16.6 Å². The Kier molecular flexibility index (Phi) is 6.23. The van der Waals surface area contributed by atoms with E-state index in [0.717, 1.165) is 22.5 Å². The lowest BCUT2D eigenvalue weighted by Gasteiger charge is -2.15. The van der Waals surface area contributed by atoms with E-state index < -0.39 is 0 Å². The molecule has 3 aromatic carbocycles. The van der Waals surface area contributed by atoms with E-state index in [1.165, 1.54) is 17.3 Å². The maximum Gasteiger partial charge on any atom is 0.267 e. The number of aryl methyl sites for hydroxylation is 1. The molecule has 0 N–H and O–H groups in total. The van der Waals surface area contributed by atoms with E-state index in [1.54, 1.807) is 4.90 Å². The van der Waals surface area contributed by atoms with E-state index in [4.69, 9.17) is 4.99 Å². The topological polar surface area (TPSA) is 35.9 Å². The molecule has 0 radical (unpaired) electrons. The highest BCUT2D eigenvalue weighted by Gasteiger charge is 2.33. The maximum absolute atomic E-state index is 13.3. The van der Waals surface area contributed by atoms with Crippen LogP contribution in [-0.2, 0) is 11.3 Å². The van der Waals surface area contributed by atoms with Gasteiger partial charge in [0, 0.05) is 19.8 Å². The minimum atomic E-state index is -0.0172. The van der Waals surface area contributed by atoms with Crippen LogP contribution in [0.4, 0.5) is 11.4 Å². The fraction of sp³-hybridized carbons (Fsp3) is 0.154. The van der Waals surface area contributed by atoms with Crippen LogP contribution in [0.15, 0.2) is 88.8 Å². The van der Waals surface area contributed by atoms with Crippen molar-refractivity contribution in [2.75, 3.05) is 19.0 Å². The van der Waals surface area contributed by atoms with E-state index in [9.17, 15) is 4.79 Å². The second kappa shape index (κ2) is 9.23. The zero-order chi connectivity index (χ0) is 21.8. The Morgan fingerprint density at radius 3 is 2.26 bits per heavy atom. The standard InChI is InChI=1S/C26H25N3OS/c1-19-9-13-22(14-10-19)27-26-29(18-21-7-5-4-6-8-21)25(30)24(31-26)17-20-11-15-23(16-12-20)28(2)3/h4-17H,18H2,1-3H3/b24-17-,27-26?. The molecule has 1 heterocycles. The molecule has 0 unspecified atom stereocenters. The van der Waals surface area contributed by atoms with Crippen LogP contribution in [0.3, 0.4) is 0 Å². The summed E-state index contributed by atoms with van der Waals surface area (Å²) in [6, 6.07) is 26.2. The summed E-state index contributed by atoms with van der Waals surface area (Å²) < 4.78 is 0. The SMILES string of the molecule is Cc1ccc(N=C2S/C(=C\c3ccc(N(C)C)cc3)C(=O)N2Cc2ccccc2)cc1. The van der Waals surface area contributed by atoms with Gasteiger partial charge in [-0.25, -0.2) is 4.99 Å². The minimum Gasteiger partial charge on any atom is -0.378 e. The third kappa shape index (κ3) is 5.06. The highest BCUT2D eigenvalue weighted by Crippen LogP contribution is 2.35. The summed E-state index contributed by atoms with van der Waals surface area (Å²) in [6.07, 6.45) is 1.95. The van der Waals surface area contributed by atoms with Crippen molar-refractivity contribution in [2.24, 2.45) is 4.99 Å². The van der Waals surface area contributed by atoms with Crippen LogP contribution in [0, 0.1) is 6.92 Å². The van der Waals surface area contributed by atoms with Crippen molar-refractivity contribution >= 4 is 40.3 Å². The molecule has 31 heavy (non-hydrogen) atoms. The number of benzene rings is 3. The van der Waals surface area contributed by atoms with Gasteiger partial charge in [-0.2, -0.15) is 0 Å². The zero-order valence-corrected chi connectivity index (χ0v) is 18.8. The molecule has 156 valence electrons. The molecule has 1 amide bonds. The van der Waals surface area contributed by atoms with Crippen LogP contribution in [0.5, 0.6) is 0 Å². The molecule has 4 rings (SSSR count). The molecule has 1 saturated heterocycles. The number of amidine groups is 1. The predicted molar refractivity (Wildman–Crippen MR) is 132 cm³/mol. The normalized spacial score (nSPS) is 16.4. The van der Waals surface area contributed by atoms with Crippen LogP contribution in [0.25, 0.3) is 6.08 Å². The van der Waals surface area contributed by atoms with Crippen LogP contribution < -0.4 is 4.90 Å². The van der Waals surface area contributed by atoms with Gasteiger partial charge in [-0.05, 0) is 60.2 Å². The Labute approximate surface area is 187 Å². The number of amides is 1. The average Bonchev–Trinajstić information content (AvgIpc) is 3.05. The first-order chi connectivity index (χ1) is 15.0. The predicted octanol–water partition coefficient (Wildman–Crippen LogP) is 5.87. The summed E-state index contributed by atoms with van der Waals surface area (Å²) in [7, 11) is 4.03. The summed E-state index contributed by atoms with van der Waals surface area (Å²) in [6.45, 7) is 2.54. The Balaban J connectivity index is 1.66. The lowest BCUT2D eigenvalue weighted by Crippen LogP contribution is -2.28. The number of hydrogen-bond acceptors (Lipinski definition) is 4. The molecule has 0 saturated carbocycles. The van der Waals surface area contributed by atoms with Crippen LogP contribution in [0.1, 0.15) is 16.7 Å². The second-order valence-electron chi connectivity index (χ2n) is 7.70. The third-order valence-electron chi connectivity index (χ3n) is 5.04. The van der Waals surface area contributed by atoms with Crippen molar-refractivity contribution in [3.8, 4) is 0 Å². The first kappa shape index (κ1) is 20.9. The van der Waals surface area contributed by atoms with Crippen molar-refractivity contribution in [3.05, 3.63) is 100 Å². The quantitative estimate of drug-likeness (QED) is 0.478. The van der Waals surface area contributed by atoms with E-state index in [-0.39, 0.29) is 5.91 Å². The summed E-state index contributed by atoms with van der Waals surface area (Å²) in [5.74, 6) is -0.0172. The van der Waals surface area contributed by atoms with Crippen molar-refractivity contribution in [1.29, 1.82) is 0 Å². The van der Waals surface area contributed by atoms with Crippen molar-refractivity contribution in [3.63, 3.8) is 0 Å². The fourth-order valence-corrected chi connectivity index (χ4v) is 4.24. The molecule has 5 heteroatoms. The number of carbonyl (C=O) groups is 1. The molecule has 0 atom stereocenters. The molecule has 3 aromatic rings. The van der Waals surface area contributed by atoms with E-state index in [2.05, 4.69) is 24.0 Å². The fourth-order valence-electron chi connectivity index (χ4n) is 3.25. The van der Waals surface area contributed by atoms with Gasteiger partial charge in [-0.15, -0.1) is 0 Å². The van der Waals surface area contributed by atoms with Gasteiger partial charge in [0.2, 0.25) is 0 Å². The number of nitrogens with zero attached hydrogens (tertiary/aromatic N) is 3. The van der Waals surface area contributed by atoms with Gasteiger partial charge in [0.15, 0.2) is 5.17 Å². The molecule has 0 spiro atoms. The highest BCUT2D eigenvalue weighted by atomic mass is 32.2. The third-order valence-corrected chi connectivity index (χ3v) is 6.04. The van der Waals surface area contributed by atoms with Crippen LogP contribution in [-0.4, -0.2) is 30.1 Å². The molecular weight excluding hydrogens is 402 g/mol. The van der Waals surface area contributed by atoms with Gasteiger partial charge < -0.3 is 4.90 Å². The van der Waals surface area contributed by atoms with E-state index >= 15 is 0 Å². The molecular formula is C26H25N3OS. The maximum atomic E-state index is 13.3. The number of anilines is 1. The number of rotatable bonds is 5. The molecule has 0 bridgehead atoms. The van der Waals surface area contributed by atoms with Gasteiger partial charge in [-0.3, -0.25) is 9.69 Å². The Morgan fingerprint density at radius 1 is 0.935 bits per heavy atom. The van der Waals surface area contributed by atoms with Gasteiger partial charge in [0.05, 0.1) is 17.1 Å². The lowest BCUT2D eigenvalue weighted by atomic mass is 10.1. The average molecular weight is 428 g/mol. The van der Waals surface area contributed by atoms with Crippen LogP contribution in [0.2, 0.25) is 0 Å². The van der Waals surface area contributed by atoms with Gasteiger partial charge in [-0.1, -0.05) is 60.2 Å². The Morgan fingerprint density at radius 2 is 1.61 bits per heavy atom. The number of aliphatic imine (C=N–C) groups is 1. The number of hydrogen-bond donors (Lipinski definition) is 0. The summed E-state index contributed by atoms with van der Waals surface area (Å²) in [5.41, 5.74) is 5.22. The Bertz CT molecular complexity index is 1120. The summed E-state index contributed by atoms with van der Waals surface area (Å²) in [5, 5.41) is 0.703. The molecule has 1 aliphatic rings. The number of thioether (sulfide) groups is 1. The van der Waals surface area contributed by atoms with Gasteiger partial charge in [0.1, 0.15) is 0 Å². The van der Waals surface area contributed by atoms with Crippen LogP contribution >= 0.6 is 11.8 Å². The molecule has 1 aliphatic heterocycles. The molecule has 1 fully saturated rings. The first-order valence-electron chi connectivity index (χ1n) is 10.2. The highest BCUT2D eigenvalue weighted by molar-refractivity contribution is 8.18. The molecule has 0 aliphatic carbocycles. The van der Waals surface area contributed by atoms with Crippen molar-refractivity contribution < 1.29 is 4.79 Å². The van der Waals surface area contributed by atoms with Crippen molar-refractivity contribution in [1.82, 2.24) is 4.90 Å². The van der Waals surface area contributed by atoms with E-state index in [1.807, 2.05) is 86.9 Å². The van der Waals surface area contributed by atoms with Gasteiger partial charge >= 0.3 is 0 Å². The molecule has 0 aromatic heterocycles. The smallest absolute Gasteiger partial charge is 0.267 e. The largest absolute Gasteiger partial charge is 0.378 e. The second-order valence-corrected chi connectivity index (χ2v) is 8.71. The summed E-state index contributed by atoms with van der Waals surface area (Å²) in [4.78, 5) is 22.6. The Hall–Kier alpha value is -3.31. The van der Waals surface area contributed by atoms with Gasteiger partial charge in [0.25, 0.3) is 5.91 Å². The zero-order valence-electron chi connectivity index (χ0n) is 17.9. The monoisotopic (exact) mass is 427 g/mol. The summed E-state index contributed by atoms with van der Waals surface area (Å²) >= 11 is 1.43. The number of carbonyl (C=O) groups excluding carboxylic acids is 1. The van der Waals surface area contributed by atoms with Crippen molar-refractivity contribution in [2.45, 2.75) is 13.5 Å². The molecule has 4 nitrogen and oxygen atoms in total. The minimum absolute atomic E-state index is 0.0172. The lowest BCUT2D eigenvalue weighted by molar-refractivity contribution is -0.122. The first-order valence-corrected chi connectivity index (χ1v) is 11.0.